The van der Waals surface area contributed by atoms with E-state index >= 15 is 0 Å². The van der Waals surface area contributed by atoms with E-state index in [4.69, 9.17) is 14.5 Å². The number of hydrogen-bond acceptors (Lipinski definition) is 5. The molecule has 5 rings (SSSR count). The molecule has 1 unspecified atom stereocenters. The molecule has 1 atom stereocenters. The summed E-state index contributed by atoms with van der Waals surface area (Å²) < 4.78 is 14.1. The SMILES string of the molecule is C[Si](C)(C)CCOCn1cnc2c(-c3cccc(OCC(O)CN4CCc5ccccc5C4)c3)cccc21. The molecule has 0 radical (unpaired) electrons. The molecule has 3 aromatic carbocycles. The van der Waals surface area contributed by atoms with Crippen molar-refractivity contribution >= 4 is 19.1 Å². The van der Waals surface area contributed by atoms with Gasteiger partial charge in [0.1, 0.15) is 25.2 Å². The average Bonchev–Trinajstić information content (AvgIpc) is 3.33. The topological polar surface area (TPSA) is 59.8 Å². The van der Waals surface area contributed by atoms with Crippen LogP contribution in [0, 0.1) is 0 Å². The molecule has 200 valence electrons. The molecule has 0 aliphatic carbocycles. The minimum absolute atomic E-state index is 0.259. The first-order valence-corrected chi connectivity index (χ1v) is 17.3. The number of ether oxygens (including phenoxy) is 2. The third-order valence-corrected chi connectivity index (χ3v) is 8.85. The number of aliphatic hydroxyl groups is 1. The molecule has 1 aromatic heterocycles. The second-order valence-corrected chi connectivity index (χ2v) is 17.1. The molecular weight excluding hydrogens is 490 g/mol. The molecule has 0 fully saturated rings. The number of imidazole rings is 1. The van der Waals surface area contributed by atoms with Gasteiger partial charge in [0, 0.05) is 39.9 Å². The van der Waals surface area contributed by atoms with Crippen molar-refractivity contribution in [2.75, 3.05) is 26.3 Å². The lowest BCUT2D eigenvalue weighted by atomic mass is 10.00. The molecular formula is C31H39N3O3Si. The van der Waals surface area contributed by atoms with Gasteiger partial charge >= 0.3 is 0 Å². The fourth-order valence-corrected chi connectivity index (χ4v) is 5.73. The molecule has 1 aliphatic heterocycles. The summed E-state index contributed by atoms with van der Waals surface area (Å²) in [5, 5.41) is 10.7. The molecule has 1 aliphatic rings. The lowest BCUT2D eigenvalue weighted by molar-refractivity contribution is 0.0638. The Morgan fingerprint density at radius 3 is 2.66 bits per heavy atom. The van der Waals surface area contributed by atoms with E-state index in [0.717, 1.165) is 60.1 Å². The third-order valence-electron chi connectivity index (χ3n) is 7.14. The average molecular weight is 530 g/mol. The maximum atomic E-state index is 10.7. The van der Waals surface area contributed by atoms with Crippen LogP contribution in [-0.4, -0.2) is 60.0 Å². The van der Waals surface area contributed by atoms with Crippen molar-refractivity contribution < 1.29 is 14.6 Å². The number of aromatic nitrogens is 2. The zero-order valence-corrected chi connectivity index (χ0v) is 23.8. The van der Waals surface area contributed by atoms with E-state index < -0.39 is 14.2 Å². The Morgan fingerprint density at radius 1 is 1.00 bits per heavy atom. The lowest BCUT2D eigenvalue weighted by Crippen LogP contribution is -2.38. The summed E-state index contributed by atoms with van der Waals surface area (Å²) >= 11 is 0. The first-order chi connectivity index (χ1) is 18.4. The van der Waals surface area contributed by atoms with E-state index in [2.05, 4.69) is 77.6 Å². The maximum absolute atomic E-state index is 10.7. The number of aliphatic hydroxyl groups excluding tert-OH is 1. The van der Waals surface area contributed by atoms with Gasteiger partial charge in [0.2, 0.25) is 0 Å². The number of para-hydroxylation sites is 1. The number of nitrogens with zero attached hydrogens (tertiary/aromatic N) is 3. The molecule has 0 spiro atoms. The zero-order valence-electron chi connectivity index (χ0n) is 22.8. The molecule has 4 aromatic rings. The van der Waals surface area contributed by atoms with Crippen molar-refractivity contribution in [3.05, 3.63) is 84.2 Å². The third kappa shape index (κ3) is 6.72. The molecule has 0 saturated heterocycles. The Bertz CT molecular complexity index is 1360. The van der Waals surface area contributed by atoms with Gasteiger partial charge in [-0.1, -0.05) is 68.2 Å². The Morgan fingerprint density at radius 2 is 1.82 bits per heavy atom. The molecule has 1 N–H and O–H groups in total. The normalized spacial score (nSPS) is 14.9. The minimum Gasteiger partial charge on any atom is -0.491 e. The van der Waals surface area contributed by atoms with Crippen LogP contribution in [0.25, 0.3) is 22.2 Å². The van der Waals surface area contributed by atoms with Crippen molar-refractivity contribution in [1.82, 2.24) is 14.5 Å². The van der Waals surface area contributed by atoms with Crippen LogP contribution in [0.15, 0.2) is 73.1 Å². The molecule has 0 saturated carbocycles. The lowest BCUT2D eigenvalue weighted by Gasteiger charge is -2.30. The van der Waals surface area contributed by atoms with Crippen LogP contribution >= 0.6 is 0 Å². The van der Waals surface area contributed by atoms with Crippen LogP contribution in [0.5, 0.6) is 5.75 Å². The fraction of sp³-hybridized carbons (Fsp3) is 0.387. The largest absolute Gasteiger partial charge is 0.491 e. The van der Waals surface area contributed by atoms with Crippen LogP contribution in [-0.2, 0) is 24.4 Å². The van der Waals surface area contributed by atoms with Crippen molar-refractivity contribution in [3.63, 3.8) is 0 Å². The quantitative estimate of drug-likeness (QED) is 0.196. The standard InChI is InChI=1S/C31H39N3O3Si/c1-38(2,3)17-16-36-23-34-22-32-31-29(12-7-13-30(31)34)25-10-6-11-28(18-25)37-21-27(35)20-33-15-14-24-8-4-5-9-26(24)19-33/h4-13,18,22,27,35H,14-17,19-21,23H2,1-3H3. The smallest absolute Gasteiger partial charge is 0.124 e. The second-order valence-electron chi connectivity index (χ2n) is 11.5. The summed E-state index contributed by atoms with van der Waals surface area (Å²) in [7, 11) is -1.11. The highest BCUT2D eigenvalue weighted by molar-refractivity contribution is 6.76. The van der Waals surface area contributed by atoms with Crippen LogP contribution in [0.2, 0.25) is 25.7 Å². The van der Waals surface area contributed by atoms with Crippen molar-refractivity contribution in [3.8, 4) is 16.9 Å². The maximum Gasteiger partial charge on any atom is 0.124 e. The van der Waals surface area contributed by atoms with Crippen LogP contribution < -0.4 is 4.74 Å². The van der Waals surface area contributed by atoms with Gasteiger partial charge < -0.3 is 19.1 Å². The van der Waals surface area contributed by atoms with Gasteiger partial charge in [-0.25, -0.2) is 4.98 Å². The Labute approximate surface area is 226 Å². The monoisotopic (exact) mass is 529 g/mol. The van der Waals surface area contributed by atoms with Crippen LogP contribution in [0.1, 0.15) is 11.1 Å². The summed E-state index contributed by atoms with van der Waals surface area (Å²) in [5.41, 5.74) is 6.88. The van der Waals surface area contributed by atoms with Crippen LogP contribution in [0.4, 0.5) is 0 Å². The zero-order chi connectivity index (χ0) is 26.5. The number of rotatable bonds is 11. The van der Waals surface area contributed by atoms with Gasteiger partial charge in [0.25, 0.3) is 0 Å². The van der Waals surface area contributed by atoms with Crippen molar-refractivity contribution in [2.45, 2.75) is 51.5 Å². The number of fused-ring (bicyclic) bond motifs is 2. The molecule has 6 nitrogen and oxygen atoms in total. The van der Waals surface area contributed by atoms with Crippen molar-refractivity contribution in [1.29, 1.82) is 0 Å². The van der Waals surface area contributed by atoms with E-state index in [9.17, 15) is 5.11 Å². The van der Waals surface area contributed by atoms with Crippen molar-refractivity contribution in [2.24, 2.45) is 0 Å². The van der Waals surface area contributed by atoms with Gasteiger partial charge in [0.05, 0.1) is 17.4 Å². The highest BCUT2D eigenvalue weighted by Gasteiger charge is 2.19. The molecule has 0 amide bonds. The minimum atomic E-state index is -1.11. The molecule has 2 heterocycles. The van der Waals surface area contributed by atoms with Gasteiger partial charge in [-0.15, -0.1) is 0 Å². The fourth-order valence-electron chi connectivity index (χ4n) is 4.97. The van der Waals surface area contributed by atoms with Gasteiger partial charge in [-0.3, -0.25) is 4.90 Å². The van der Waals surface area contributed by atoms with E-state index in [-0.39, 0.29) is 6.61 Å². The molecule has 0 bridgehead atoms. The Balaban J connectivity index is 1.20. The number of benzene rings is 3. The predicted molar refractivity (Wildman–Crippen MR) is 156 cm³/mol. The first kappa shape index (κ1) is 26.6. The van der Waals surface area contributed by atoms with E-state index in [1.54, 1.807) is 0 Å². The Kier molecular flexibility index (Phi) is 8.29. The van der Waals surface area contributed by atoms with E-state index in [1.165, 1.54) is 11.1 Å². The molecule has 7 heteroatoms. The highest BCUT2D eigenvalue weighted by Crippen LogP contribution is 2.30. The van der Waals surface area contributed by atoms with Gasteiger partial charge in [0.15, 0.2) is 0 Å². The summed E-state index contributed by atoms with van der Waals surface area (Å²) in [5.74, 6) is 0.747. The van der Waals surface area contributed by atoms with E-state index in [1.807, 2.05) is 24.5 Å². The number of β-amino-alcohol motifs (C(OH)–C–C–N with tert-alkyl or cyclic N) is 1. The first-order valence-electron chi connectivity index (χ1n) is 13.6. The highest BCUT2D eigenvalue weighted by atomic mass is 28.3. The second kappa shape index (κ2) is 11.8. The summed E-state index contributed by atoms with van der Waals surface area (Å²) in [4.78, 5) is 7.02. The van der Waals surface area contributed by atoms with Crippen LogP contribution in [0.3, 0.4) is 0 Å². The summed E-state index contributed by atoms with van der Waals surface area (Å²) in [6.07, 6.45) is 2.33. The molecule has 38 heavy (non-hydrogen) atoms. The van der Waals surface area contributed by atoms with Gasteiger partial charge in [-0.2, -0.15) is 0 Å². The number of hydrogen-bond donors (Lipinski definition) is 1. The van der Waals surface area contributed by atoms with Gasteiger partial charge in [-0.05, 0) is 47.4 Å². The summed E-state index contributed by atoms with van der Waals surface area (Å²) in [6, 6.07) is 24.0. The predicted octanol–water partition coefficient (Wildman–Crippen LogP) is 5.81. The summed E-state index contributed by atoms with van der Waals surface area (Å²) in [6.45, 7) is 11.1. The Hall–Kier alpha value is -2.97. The van der Waals surface area contributed by atoms with E-state index in [0.29, 0.717) is 13.3 Å².